The lowest BCUT2D eigenvalue weighted by Gasteiger charge is -2.31. The van der Waals surface area contributed by atoms with Gasteiger partial charge in [-0.15, -0.1) is 0 Å². The summed E-state index contributed by atoms with van der Waals surface area (Å²) in [4.78, 5) is 0. The Hall–Kier alpha value is -2.73. The van der Waals surface area contributed by atoms with E-state index in [2.05, 4.69) is 0 Å². The largest absolute Gasteiger partial charge is 0.400 e. The number of unbranched alkanes of at least 4 members (excludes halogenated alkanes) is 5. The maximum atomic E-state index is 12.1. The Labute approximate surface area is 665 Å². The third-order valence-electron chi connectivity index (χ3n) is 18.5. The molecule has 0 radical (unpaired) electrons. The van der Waals surface area contributed by atoms with Crippen molar-refractivity contribution in [3.8, 4) is 0 Å². The predicted octanol–water partition coefficient (Wildman–Crippen LogP) is 37.8. The van der Waals surface area contributed by atoms with Crippen molar-refractivity contribution in [3.63, 3.8) is 0 Å². The molecule has 6 atom stereocenters. The van der Waals surface area contributed by atoms with E-state index in [1.165, 1.54) is 62.3 Å². The molecule has 0 nitrogen and oxygen atoms in total. The fourth-order valence-electron chi connectivity index (χ4n) is 8.28. The van der Waals surface area contributed by atoms with Gasteiger partial charge in [-0.05, 0) is 73.0 Å². The summed E-state index contributed by atoms with van der Waals surface area (Å²) in [7, 11) is 0. The number of alkyl halides is 39. The maximum absolute atomic E-state index is 12.1. The van der Waals surface area contributed by atoms with Crippen molar-refractivity contribution >= 4 is 0 Å². The third kappa shape index (κ3) is 87.6. The highest BCUT2D eigenvalue weighted by Crippen LogP contribution is 2.47. The van der Waals surface area contributed by atoms with Gasteiger partial charge < -0.3 is 0 Å². The van der Waals surface area contributed by atoms with Crippen LogP contribution < -0.4 is 0 Å². The molecule has 2 unspecified atom stereocenters. The van der Waals surface area contributed by atoms with E-state index in [4.69, 9.17) is 0 Å². The van der Waals surface area contributed by atoms with Gasteiger partial charge in [0.1, 0.15) is 0 Å². The standard InChI is InChI=1S/2C7H10F6.9C7H13F3/c1-4(2)3-5(6(8,9)10)7(11,12)13;1-2-3-4-5(6(8,9)10)7(11,12)13;1-5(2)6(3,4)7(8,9)10;1-4-6(2,3)5-7(8,9)10;1-4-5-6(2,3)7(8,9)10;2*1-4-5(2)6(3)7(8,9)10;1-3-4-6(2)5-7(8,9)10;1-3-4-5-6(2)7(8,9)10;1-3-6(4-2)5-7(8,9)10;1-2-3-4-5-6-7(8,9)10/h4-5H,3H2,1-2H3;5H,2-4H2,1H3;5H,1-4H3;2*4-5H2,1-3H3;2*5-6H,4H2,1-3H3;3*6H,3-5H2,1-2H3;2-6H2,1H3/t;;;;;5?,6-;5-,6?;2*6-;;/m.....1000../s1. The Kier molecular flexibility index (Phi) is 72.4. The first-order valence-electron chi connectivity index (χ1n) is 38.7. The van der Waals surface area contributed by atoms with Crippen LogP contribution in [-0.2, 0) is 0 Å². The third-order valence-corrected chi connectivity index (χ3v) is 18.5. The van der Waals surface area contributed by atoms with Gasteiger partial charge in [0, 0.05) is 25.7 Å². The molecule has 0 spiro atoms. The van der Waals surface area contributed by atoms with Crippen molar-refractivity contribution in [2.75, 3.05) is 0 Å². The van der Waals surface area contributed by atoms with E-state index in [1.807, 2.05) is 20.8 Å². The Balaban J connectivity index is -0.000000116. The van der Waals surface area contributed by atoms with Gasteiger partial charge in [-0.25, -0.2) is 0 Å². The van der Waals surface area contributed by atoms with Crippen molar-refractivity contribution in [1.82, 2.24) is 0 Å². The summed E-state index contributed by atoms with van der Waals surface area (Å²) in [6.45, 7) is 40.5. The van der Waals surface area contributed by atoms with Gasteiger partial charge in [0.2, 0.25) is 0 Å². The molecule has 116 heavy (non-hydrogen) atoms. The molecule has 0 aromatic carbocycles. The molecule has 0 bridgehead atoms. The second-order valence-corrected chi connectivity index (χ2v) is 31.5. The van der Waals surface area contributed by atoms with Gasteiger partial charge in [0.25, 0.3) is 0 Å². The first-order valence-corrected chi connectivity index (χ1v) is 38.7. The van der Waals surface area contributed by atoms with Crippen LogP contribution >= 0.6 is 0 Å². The van der Waals surface area contributed by atoms with Crippen LogP contribution in [0, 0.1) is 81.3 Å². The van der Waals surface area contributed by atoms with Crippen LogP contribution in [0.2, 0.25) is 0 Å². The van der Waals surface area contributed by atoms with Crippen LogP contribution in [0.5, 0.6) is 0 Å². The lowest BCUT2D eigenvalue weighted by Crippen LogP contribution is -2.37. The van der Waals surface area contributed by atoms with E-state index in [1.54, 1.807) is 96.9 Å². The first-order chi connectivity index (χ1) is 50.8. The van der Waals surface area contributed by atoms with E-state index >= 15 is 0 Å². The second kappa shape index (κ2) is 61.6. The fraction of sp³-hybridized carbons (Fsp3) is 1.00. The molecule has 0 aliphatic heterocycles. The second-order valence-electron chi connectivity index (χ2n) is 31.5. The highest BCUT2D eigenvalue weighted by atomic mass is 19.5. The summed E-state index contributed by atoms with van der Waals surface area (Å²) < 4.78 is 461. The average Bonchev–Trinajstić information content (AvgIpc) is 0.830. The SMILES string of the molecule is CC(C)C(C)(C)C(F)(F)F.CC(C)CC(C(F)(F)F)C(F)(F)F.CCC(C)(C)CC(F)(F)F.CCC(C)[C@@H](C)C(F)(F)F.CCC(CC)CC(F)(F)F.CCCC(C)(C)C(F)(F)F.CCCCC(C(F)(F)F)C(F)(F)F.CCCCCCC(F)(F)F.CCCC[C@H](C)C(F)(F)F.CCC[C@H](C)CC(F)(F)F.CC[C@H](C)C(C)C(F)(F)F. The smallest absolute Gasteiger partial charge is 0.171 e. The predicted molar refractivity (Wildman–Crippen MR) is 383 cm³/mol. The minimum atomic E-state index is -5.19. The fourth-order valence-corrected chi connectivity index (χ4v) is 8.28. The van der Waals surface area contributed by atoms with Crippen molar-refractivity contribution in [2.24, 2.45) is 81.3 Å². The molecule has 0 aromatic rings. The van der Waals surface area contributed by atoms with Crippen LogP contribution in [0.3, 0.4) is 0 Å². The normalized spacial score (nSPS) is 14.7. The Morgan fingerprint density at radius 2 is 0.612 bits per heavy atom. The molecule has 0 heterocycles. The summed E-state index contributed by atoms with van der Waals surface area (Å²) in [5.74, 6) is -11.8. The van der Waals surface area contributed by atoms with Crippen LogP contribution in [0.15, 0.2) is 0 Å². The number of hydrogen-bond acceptors (Lipinski definition) is 0. The van der Waals surface area contributed by atoms with E-state index in [0.29, 0.717) is 64.2 Å². The highest BCUT2D eigenvalue weighted by Gasteiger charge is 2.57. The molecule has 0 aliphatic rings. The number of halogens is 39. The summed E-state index contributed by atoms with van der Waals surface area (Å²) in [6, 6.07) is 0. The van der Waals surface area contributed by atoms with E-state index in [0.717, 1.165) is 25.7 Å². The van der Waals surface area contributed by atoms with E-state index in [-0.39, 0.29) is 55.3 Å². The zero-order chi connectivity index (χ0) is 96.3. The van der Waals surface area contributed by atoms with Gasteiger partial charge in [0.05, 0.1) is 28.6 Å². The zero-order valence-electron chi connectivity index (χ0n) is 72.1. The van der Waals surface area contributed by atoms with Gasteiger partial charge in [0.15, 0.2) is 11.8 Å². The topological polar surface area (TPSA) is 0 Å². The van der Waals surface area contributed by atoms with Crippen LogP contribution in [-0.4, -0.2) is 80.3 Å². The van der Waals surface area contributed by atoms with Crippen molar-refractivity contribution in [3.05, 3.63) is 0 Å². The molecule has 0 fully saturated rings. The summed E-state index contributed by atoms with van der Waals surface area (Å²) in [6.07, 6.45) is -51.0. The van der Waals surface area contributed by atoms with Crippen LogP contribution in [0.25, 0.3) is 0 Å². The molecule has 0 aliphatic carbocycles. The molecule has 0 rings (SSSR count). The molecular formula is C77H137F39. The Bertz CT molecular complexity index is 2130. The molecule has 0 aromatic heterocycles. The summed E-state index contributed by atoms with van der Waals surface area (Å²) in [5.41, 5.74) is -3.67. The molecular weight excluding hydrogens is 1670 g/mol. The molecule has 0 amide bonds. The van der Waals surface area contributed by atoms with Crippen molar-refractivity contribution in [2.45, 2.75) is 414 Å². The summed E-state index contributed by atoms with van der Waals surface area (Å²) in [5, 5.41) is 0. The highest BCUT2D eigenvalue weighted by molar-refractivity contribution is 4.81. The van der Waals surface area contributed by atoms with Crippen molar-refractivity contribution < 1.29 is 171 Å². The van der Waals surface area contributed by atoms with Gasteiger partial charge in [-0.2, -0.15) is 171 Å². The van der Waals surface area contributed by atoms with Gasteiger partial charge >= 0.3 is 80.3 Å². The molecule has 718 valence electrons. The quantitative estimate of drug-likeness (QED) is 0.0568. The lowest BCUT2D eigenvalue weighted by atomic mass is 9.81. The van der Waals surface area contributed by atoms with E-state index in [9.17, 15) is 171 Å². The van der Waals surface area contributed by atoms with Gasteiger partial charge in [-0.3, -0.25) is 0 Å². The number of rotatable bonds is 27. The Morgan fingerprint density at radius 3 is 0.767 bits per heavy atom. The molecule has 39 heteroatoms. The lowest BCUT2D eigenvalue weighted by molar-refractivity contribution is -0.288. The minimum Gasteiger partial charge on any atom is -0.171 e. The van der Waals surface area contributed by atoms with Crippen LogP contribution in [0.4, 0.5) is 171 Å². The molecule has 0 saturated heterocycles. The minimum absolute atomic E-state index is 0.0658. The molecule has 0 N–H and O–H groups in total. The maximum Gasteiger partial charge on any atom is 0.400 e. The first kappa shape index (κ1) is 137. The molecule has 0 saturated carbocycles. The summed E-state index contributed by atoms with van der Waals surface area (Å²) >= 11 is 0. The van der Waals surface area contributed by atoms with Crippen LogP contribution in [0.1, 0.15) is 334 Å². The Morgan fingerprint density at radius 1 is 0.276 bits per heavy atom. The van der Waals surface area contributed by atoms with E-state index < -0.39 is 171 Å². The van der Waals surface area contributed by atoms with Gasteiger partial charge in [-0.1, -0.05) is 276 Å². The van der Waals surface area contributed by atoms with Crippen molar-refractivity contribution in [1.29, 1.82) is 0 Å². The zero-order valence-corrected chi connectivity index (χ0v) is 72.1. The average molecular weight is 1800 g/mol. The number of hydrogen-bond donors (Lipinski definition) is 0. The monoisotopic (exact) mass is 1800 g/mol.